The first kappa shape index (κ1) is 31.3. The number of aliphatic hydroxyl groups is 1. The normalized spacial score (nSPS) is 12.1. The highest BCUT2D eigenvalue weighted by Gasteiger charge is 2.09. The molecule has 1 aromatic rings. The lowest BCUT2D eigenvalue weighted by atomic mass is 10.0. The number of ether oxygens (including phenoxy) is 4. The molecule has 0 fully saturated rings. The summed E-state index contributed by atoms with van der Waals surface area (Å²) in [6.07, 6.45) is 6.80. The molecule has 0 saturated heterocycles. The first-order chi connectivity index (χ1) is 14.9. The van der Waals surface area contributed by atoms with Crippen LogP contribution in [0.25, 0.3) is 0 Å². The van der Waals surface area contributed by atoms with Gasteiger partial charge < -0.3 is 34.9 Å². The monoisotopic (exact) mass is 441 g/mol. The Morgan fingerprint density at radius 1 is 0.968 bits per heavy atom. The molecule has 0 aliphatic carbocycles. The first-order valence-electron chi connectivity index (χ1n) is 10.5. The Labute approximate surface area is 188 Å². The molecule has 0 aromatic heterocycles. The predicted octanol–water partition coefficient (Wildman–Crippen LogP) is 3.70. The van der Waals surface area contributed by atoms with Gasteiger partial charge in [0, 0.05) is 46.2 Å². The van der Waals surface area contributed by atoms with Crippen molar-refractivity contribution in [3.05, 3.63) is 52.7 Å². The van der Waals surface area contributed by atoms with Gasteiger partial charge in [0.05, 0.1) is 25.9 Å². The quantitative estimate of drug-likeness (QED) is 0.336. The summed E-state index contributed by atoms with van der Waals surface area (Å²) in [5, 5.41) is 19.0. The molecular weight excluding hydrogens is 398 g/mol. The van der Waals surface area contributed by atoms with Crippen LogP contribution in [0.1, 0.15) is 43.9 Å². The average molecular weight is 442 g/mol. The minimum absolute atomic E-state index is 0.265. The van der Waals surface area contributed by atoms with E-state index in [0.29, 0.717) is 25.4 Å². The fourth-order valence-electron chi connectivity index (χ4n) is 2.48. The summed E-state index contributed by atoms with van der Waals surface area (Å²) < 4.78 is 20.0. The number of phenols is 1. The number of aromatic hydroxyl groups is 1. The van der Waals surface area contributed by atoms with Crippen molar-refractivity contribution in [3.63, 3.8) is 0 Å². The third kappa shape index (κ3) is 14.7. The van der Waals surface area contributed by atoms with E-state index >= 15 is 0 Å². The van der Waals surface area contributed by atoms with Gasteiger partial charge in [0.2, 0.25) is 0 Å². The van der Waals surface area contributed by atoms with Gasteiger partial charge in [-0.05, 0) is 49.2 Å². The van der Waals surface area contributed by atoms with E-state index in [9.17, 15) is 5.11 Å². The van der Waals surface area contributed by atoms with Gasteiger partial charge in [0.15, 0.2) is 0 Å². The molecule has 0 aliphatic rings. The topological polar surface area (TPSA) is 103 Å². The summed E-state index contributed by atoms with van der Waals surface area (Å²) in [7, 11) is 6.49. The van der Waals surface area contributed by atoms with Crippen LogP contribution in [0.15, 0.2) is 36.1 Å². The van der Waals surface area contributed by atoms with Crippen LogP contribution in [0.4, 0.5) is 0 Å². The fraction of sp³-hybridized carbons (Fsp3) is 0.583. The van der Waals surface area contributed by atoms with Gasteiger partial charge in [-0.3, -0.25) is 0 Å². The number of phenolic OH excluding ortho intramolecular Hbond substituents is 1. The zero-order chi connectivity index (χ0) is 24.1. The number of nitrogens with two attached hydrogens (primary N) is 1. The molecule has 31 heavy (non-hydrogen) atoms. The molecule has 7 nitrogen and oxygen atoms in total. The Kier molecular flexibility index (Phi) is 21.5. The lowest BCUT2D eigenvalue weighted by Gasteiger charge is -2.11. The van der Waals surface area contributed by atoms with Crippen LogP contribution in [-0.2, 0) is 38.6 Å². The molecule has 1 unspecified atom stereocenters. The van der Waals surface area contributed by atoms with Gasteiger partial charge in [-0.15, -0.1) is 0 Å². The van der Waals surface area contributed by atoms with Crippen molar-refractivity contribution in [2.24, 2.45) is 5.73 Å². The highest BCUT2D eigenvalue weighted by Crippen LogP contribution is 2.26. The third-order valence-corrected chi connectivity index (χ3v) is 4.00. The maximum absolute atomic E-state index is 10.1. The molecule has 4 N–H and O–H groups in total. The van der Waals surface area contributed by atoms with Gasteiger partial charge in [0.25, 0.3) is 0 Å². The van der Waals surface area contributed by atoms with Gasteiger partial charge >= 0.3 is 0 Å². The van der Waals surface area contributed by atoms with Crippen LogP contribution in [-0.4, -0.2) is 58.0 Å². The molecule has 0 heterocycles. The van der Waals surface area contributed by atoms with Crippen LogP contribution in [0.3, 0.4) is 0 Å². The molecule has 180 valence electrons. The fourth-order valence-corrected chi connectivity index (χ4v) is 2.48. The van der Waals surface area contributed by atoms with Crippen molar-refractivity contribution in [2.75, 3.05) is 41.7 Å². The van der Waals surface area contributed by atoms with E-state index in [1.165, 1.54) is 6.20 Å². The van der Waals surface area contributed by atoms with Gasteiger partial charge in [-0.2, -0.15) is 0 Å². The third-order valence-electron chi connectivity index (χ3n) is 4.00. The molecule has 7 heteroatoms. The zero-order valence-electron chi connectivity index (χ0n) is 20.3. The minimum Gasteiger partial charge on any atom is -0.507 e. The van der Waals surface area contributed by atoms with Crippen molar-refractivity contribution in [1.29, 1.82) is 0 Å². The molecule has 0 saturated carbocycles. The Morgan fingerprint density at radius 3 is 1.87 bits per heavy atom. The van der Waals surface area contributed by atoms with Crippen LogP contribution >= 0.6 is 0 Å². The molecule has 0 radical (unpaired) electrons. The van der Waals surface area contributed by atoms with Crippen molar-refractivity contribution in [3.8, 4) is 5.75 Å². The van der Waals surface area contributed by atoms with Gasteiger partial charge in [0.1, 0.15) is 5.75 Å². The number of benzene rings is 1. The highest BCUT2D eigenvalue weighted by molar-refractivity contribution is 5.43. The second-order valence-corrected chi connectivity index (χ2v) is 6.44. The van der Waals surface area contributed by atoms with E-state index in [-0.39, 0.29) is 5.75 Å². The summed E-state index contributed by atoms with van der Waals surface area (Å²) in [5.74, 6) is 0.265. The van der Waals surface area contributed by atoms with Gasteiger partial charge in [-0.25, -0.2) is 0 Å². The Balaban J connectivity index is 0. The summed E-state index contributed by atoms with van der Waals surface area (Å²) in [4.78, 5) is 0. The second kappa shape index (κ2) is 21.3. The second-order valence-electron chi connectivity index (χ2n) is 6.44. The molecule has 1 rings (SSSR count). The SMILES string of the molecule is CC.COC/C(=C/N)C(C)O.COCC/C=C/Cc1cc(COC)c(O)c(COC)c1. The number of aliphatic hydroxyl groups excluding tert-OH is 1. The number of rotatable bonds is 12. The van der Waals surface area contributed by atoms with Crippen molar-refractivity contribution in [2.45, 2.75) is 52.9 Å². The van der Waals surface area contributed by atoms with Crippen LogP contribution < -0.4 is 5.73 Å². The number of methoxy groups -OCH3 is 4. The Morgan fingerprint density at radius 2 is 1.52 bits per heavy atom. The summed E-state index contributed by atoms with van der Waals surface area (Å²) in [6.45, 7) is 7.56. The minimum atomic E-state index is -0.505. The molecule has 0 amide bonds. The maximum Gasteiger partial charge on any atom is 0.126 e. The Hall–Kier alpha value is -1.90. The standard InChI is InChI=1S/C16H24O4.C6H13NO2.C2H6/c1-18-8-6-4-5-7-13-9-14(11-19-2)16(17)15(10-13)12-20-3;1-5(8)6(3-7)4-9-2;1-2/h4-5,9-10,17H,6-8,11-12H2,1-3H3;3,5,8H,4,7H2,1-2H3;1-2H3/b5-4+;6-3-;. The van der Waals surface area contributed by atoms with E-state index in [4.69, 9.17) is 29.8 Å². The van der Waals surface area contributed by atoms with E-state index in [0.717, 1.165) is 36.1 Å². The van der Waals surface area contributed by atoms with E-state index in [1.807, 2.05) is 26.0 Å². The Bertz CT molecular complexity index is 587. The molecular formula is C24H43NO6. The van der Waals surface area contributed by atoms with Crippen LogP contribution in [0, 0.1) is 0 Å². The van der Waals surface area contributed by atoms with Gasteiger partial charge in [-0.1, -0.05) is 26.0 Å². The maximum atomic E-state index is 10.1. The summed E-state index contributed by atoms with van der Waals surface area (Å²) >= 11 is 0. The van der Waals surface area contributed by atoms with Crippen molar-refractivity contribution < 1.29 is 29.2 Å². The average Bonchev–Trinajstić information content (AvgIpc) is 2.77. The highest BCUT2D eigenvalue weighted by atomic mass is 16.5. The van der Waals surface area contributed by atoms with E-state index in [1.54, 1.807) is 35.4 Å². The summed E-state index contributed by atoms with van der Waals surface area (Å²) in [6, 6.07) is 3.94. The van der Waals surface area contributed by atoms with Crippen molar-refractivity contribution in [1.82, 2.24) is 0 Å². The molecule has 1 atom stereocenters. The number of hydrogen-bond donors (Lipinski definition) is 3. The molecule has 0 bridgehead atoms. The van der Waals surface area contributed by atoms with E-state index in [2.05, 4.69) is 12.2 Å². The number of hydrogen-bond acceptors (Lipinski definition) is 7. The smallest absolute Gasteiger partial charge is 0.126 e. The van der Waals surface area contributed by atoms with Crippen molar-refractivity contribution >= 4 is 0 Å². The lowest BCUT2D eigenvalue weighted by molar-refractivity contribution is 0.173. The van der Waals surface area contributed by atoms with E-state index < -0.39 is 6.10 Å². The van der Waals surface area contributed by atoms with Crippen LogP contribution in [0.2, 0.25) is 0 Å². The lowest BCUT2D eigenvalue weighted by Crippen LogP contribution is -2.11. The zero-order valence-corrected chi connectivity index (χ0v) is 20.3. The van der Waals surface area contributed by atoms with Crippen LogP contribution in [0.5, 0.6) is 5.75 Å². The first-order valence-corrected chi connectivity index (χ1v) is 10.5. The summed E-state index contributed by atoms with van der Waals surface area (Å²) in [5.41, 5.74) is 8.59. The largest absolute Gasteiger partial charge is 0.507 e. The predicted molar refractivity (Wildman–Crippen MR) is 126 cm³/mol. The molecule has 0 aliphatic heterocycles. The number of allylic oxidation sites excluding steroid dienone is 1. The molecule has 0 spiro atoms. The molecule has 1 aromatic carbocycles.